The summed E-state index contributed by atoms with van der Waals surface area (Å²) in [6.45, 7) is 2.73. The van der Waals surface area contributed by atoms with E-state index in [1.807, 2.05) is 6.92 Å². The average Bonchev–Trinajstić information content (AvgIpc) is 2.82. The molecular weight excluding hydrogens is 243 g/mol. The number of aryl methyl sites for hydroxylation is 1. The van der Waals surface area contributed by atoms with E-state index in [9.17, 15) is 9.50 Å². The quantitative estimate of drug-likeness (QED) is 0.834. The highest BCUT2D eigenvalue weighted by molar-refractivity contribution is 5.28. The van der Waals surface area contributed by atoms with Gasteiger partial charge in [0.25, 0.3) is 6.01 Å². The number of rotatable bonds is 2. The van der Waals surface area contributed by atoms with E-state index < -0.39 is 12.3 Å². The van der Waals surface area contributed by atoms with Crippen molar-refractivity contribution in [2.45, 2.75) is 32.0 Å². The Morgan fingerprint density at radius 1 is 1.67 bits per heavy atom. The first-order valence-corrected chi connectivity index (χ1v) is 5.63. The Labute approximate surface area is 103 Å². The molecule has 18 heavy (non-hydrogen) atoms. The Balaban J connectivity index is 0.000000492. The molecule has 0 aromatic carbocycles. The van der Waals surface area contributed by atoms with Crippen molar-refractivity contribution < 1.29 is 23.5 Å². The molecule has 1 aromatic heterocycles. The van der Waals surface area contributed by atoms with Gasteiger partial charge >= 0.3 is 6.15 Å². The number of aliphatic hydroxyl groups excluding tert-OH is 1. The molecule has 0 amide bonds. The molecule has 1 aliphatic rings. The predicted molar refractivity (Wildman–Crippen MR) is 58.6 cm³/mol. The summed E-state index contributed by atoms with van der Waals surface area (Å²) in [5, 5.41) is 9.24. The maximum absolute atomic E-state index is 13.2. The maximum atomic E-state index is 13.2. The van der Waals surface area contributed by atoms with Gasteiger partial charge in [-0.15, -0.1) is 0 Å². The van der Waals surface area contributed by atoms with Gasteiger partial charge in [-0.2, -0.15) is 14.6 Å². The fourth-order valence-corrected chi connectivity index (χ4v) is 1.67. The normalized spacial score (nSPS) is 22.9. The third kappa shape index (κ3) is 3.65. The van der Waals surface area contributed by atoms with Crippen LogP contribution in [0.4, 0.5) is 10.4 Å². The molecule has 0 saturated carbocycles. The molecule has 1 fully saturated rings. The summed E-state index contributed by atoms with van der Waals surface area (Å²) in [6, 6.07) is 0.460. The van der Waals surface area contributed by atoms with Crippen LogP contribution < -0.4 is 4.90 Å². The second-order valence-electron chi connectivity index (χ2n) is 3.88. The molecule has 1 N–H and O–H groups in total. The summed E-state index contributed by atoms with van der Waals surface area (Å²) < 4.78 is 18.5. The number of nitrogens with zero attached hydrogens (tertiary/aromatic N) is 2. The number of halogens is 1. The lowest BCUT2D eigenvalue weighted by molar-refractivity contribution is -0.191. The van der Waals surface area contributed by atoms with Crippen molar-refractivity contribution in [1.29, 1.82) is 0 Å². The largest absolute Gasteiger partial charge is 0.432 e. The minimum Gasteiger partial charge on any atom is -0.432 e. The van der Waals surface area contributed by atoms with E-state index in [1.54, 1.807) is 11.2 Å². The van der Waals surface area contributed by atoms with Crippen LogP contribution in [0.2, 0.25) is 0 Å². The van der Waals surface area contributed by atoms with Crippen molar-refractivity contribution in [3.8, 4) is 0 Å². The second-order valence-corrected chi connectivity index (χ2v) is 3.88. The van der Waals surface area contributed by atoms with Crippen molar-refractivity contribution in [2.24, 2.45) is 0 Å². The fourth-order valence-electron chi connectivity index (χ4n) is 1.67. The van der Waals surface area contributed by atoms with E-state index >= 15 is 0 Å². The van der Waals surface area contributed by atoms with Gasteiger partial charge in [0.1, 0.15) is 12.4 Å². The molecular formula is C11H15FN2O4. The van der Waals surface area contributed by atoms with Crippen molar-refractivity contribution in [3.05, 3.63) is 12.0 Å². The Morgan fingerprint density at radius 3 is 2.83 bits per heavy atom. The molecule has 1 aromatic rings. The average molecular weight is 258 g/mol. The van der Waals surface area contributed by atoms with Crippen molar-refractivity contribution in [3.63, 3.8) is 0 Å². The summed E-state index contributed by atoms with van der Waals surface area (Å²) in [4.78, 5) is 22.2. The second kappa shape index (κ2) is 6.88. The molecule has 2 atom stereocenters. The third-order valence-electron chi connectivity index (χ3n) is 2.68. The lowest BCUT2D eigenvalue weighted by atomic mass is 10.1. The van der Waals surface area contributed by atoms with Crippen LogP contribution in [-0.2, 0) is 16.0 Å². The number of carbonyl (C=O) groups excluding carboxylic acids is 2. The topological polar surface area (TPSA) is 83.6 Å². The molecule has 2 rings (SSSR count). The molecule has 0 unspecified atom stereocenters. The van der Waals surface area contributed by atoms with Crippen LogP contribution in [0.15, 0.2) is 10.7 Å². The standard InChI is InChI=1S/C10H15FN2O2.CO2/c1-2-7-6-15-10(12-7)13-4-3-9(14)8(11)5-13;2-1-3/h6,8-9,14H,2-5H2,1H3;/t8-,9+;/m1./s1. The Hall–Kier alpha value is -1.72. The molecule has 0 spiro atoms. The van der Waals surface area contributed by atoms with Crippen LogP contribution in [0.3, 0.4) is 0 Å². The number of hydrogen-bond acceptors (Lipinski definition) is 6. The van der Waals surface area contributed by atoms with Crippen LogP contribution >= 0.6 is 0 Å². The maximum Gasteiger partial charge on any atom is 0.373 e. The van der Waals surface area contributed by atoms with Gasteiger partial charge in [0, 0.05) is 6.54 Å². The predicted octanol–water partition coefficient (Wildman–Crippen LogP) is 0.563. The number of hydrogen-bond donors (Lipinski definition) is 1. The van der Waals surface area contributed by atoms with Gasteiger partial charge in [0.05, 0.1) is 18.3 Å². The van der Waals surface area contributed by atoms with Crippen molar-refractivity contribution in [2.75, 3.05) is 18.0 Å². The highest BCUT2D eigenvalue weighted by Gasteiger charge is 2.29. The van der Waals surface area contributed by atoms with Crippen molar-refractivity contribution >= 4 is 12.2 Å². The van der Waals surface area contributed by atoms with E-state index in [0.29, 0.717) is 19.0 Å². The zero-order chi connectivity index (χ0) is 13.5. The van der Waals surface area contributed by atoms with Gasteiger partial charge in [-0.1, -0.05) is 6.92 Å². The Morgan fingerprint density at radius 2 is 2.33 bits per heavy atom. The van der Waals surface area contributed by atoms with Crippen LogP contribution in [0.25, 0.3) is 0 Å². The summed E-state index contributed by atoms with van der Waals surface area (Å²) in [7, 11) is 0. The SMILES string of the molecule is CCc1coc(N2CC[C@H](O)[C@H](F)C2)n1.O=C=O. The molecule has 0 aliphatic carbocycles. The van der Waals surface area contributed by atoms with Gasteiger partial charge in [0.2, 0.25) is 0 Å². The van der Waals surface area contributed by atoms with Gasteiger partial charge in [-0.05, 0) is 12.8 Å². The molecule has 0 radical (unpaired) electrons. The molecule has 1 aliphatic heterocycles. The summed E-state index contributed by atoms with van der Waals surface area (Å²) in [6.07, 6.45) is 1.01. The minimum atomic E-state index is -1.21. The van der Waals surface area contributed by atoms with Crippen LogP contribution in [0.5, 0.6) is 0 Å². The first-order chi connectivity index (χ1) is 8.62. The zero-order valence-corrected chi connectivity index (χ0v) is 10.0. The van der Waals surface area contributed by atoms with Crippen LogP contribution in [-0.4, -0.2) is 41.6 Å². The smallest absolute Gasteiger partial charge is 0.373 e. The van der Waals surface area contributed by atoms with Crippen LogP contribution in [0.1, 0.15) is 19.0 Å². The minimum absolute atomic E-state index is 0.158. The van der Waals surface area contributed by atoms with E-state index in [4.69, 9.17) is 14.0 Å². The third-order valence-corrected chi connectivity index (χ3v) is 2.68. The van der Waals surface area contributed by atoms with Crippen molar-refractivity contribution in [1.82, 2.24) is 4.98 Å². The number of alkyl halides is 1. The van der Waals surface area contributed by atoms with Crippen LogP contribution in [0, 0.1) is 0 Å². The van der Waals surface area contributed by atoms with E-state index in [2.05, 4.69) is 4.98 Å². The fraction of sp³-hybridized carbons (Fsp3) is 0.636. The highest BCUT2D eigenvalue weighted by atomic mass is 19.1. The first kappa shape index (κ1) is 14.3. The highest BCUT2D eigenvalue weighted by Crippen LogP contribution is 2.21. The van der Waals surface area contributed by atoms with Gasteiger partial charge in [-0.3, -0.25) is 0 Å². The lowest BCUT2D eigenvalue weighted by Gasteiger charge is -2.30. The van der Waals surface area contributed by atoms with Gasteiger partial charge in [-0.25, -0.2) is 4.39 Å². The number of aromatic nitrogens is 1. The lowest BCUT2D eigenvalue weighted by Crippen LogP contribution is -2.44. The molecule has 6 nitrogen and oxygen atoms in total. The van der Waals surface area contributed by atoms with E-state index in [-0.39, 0.29) is 12.7 Å². The monoisotopic (exact) mass is 258 g/mol. The van der Waals surface area contributed by atoms with E-state index in [0.717, 1.165) is 12.1 Å². The zero-order valence-electron chi connectivity index (χ0n) is 10.0. The Kier molecular flexibility index (Phi) is 5.48. The summed E-state index contributed by atoms with van der Waals surface area (Å²) >= 11 is 0. The Bertz CT molecular complexity index is 404. The van der Waals surface area contributed by atoms with Gasteiger partial charge < -0.3 is 14.4 Å². The molecule has 100 valence electrons. The van der Waals surface area contributed by atoms with E-state index in [1.165, 1.54) is 0 Å². The molecule has 0 bridgehead atoms. The summed E-state index contributed by atoms with van der Waals surface area (Å²) in [5.74, 6) is 0. The molecule has 1 saturated heterocycles. The number of aliphatic hydroxyl groups is 1. The molecule has 2 heterocycles. The number of piperidine rings is 1. The van der Waals surface area contributed by atoms with Gasteiger partial charge in [0.15, 0.2) is 0 Å². The molecule has 7 heteroatoms. The number of anilines is 1. The summed E-state index contributed by atoms with van der Waals surface area (Å²) in [5.41, 5.74) is 0.867. The number of oxazole rings is 1. The first-order valence-electron chi connectivity index (χ1n) is 5.63.